The second-order valence-corrected chi connectivity index (χ2v) is 8.88. The molecule has 0 saturated heterocycles. The fourth-order valence-electron chi connectivity index (χ4n) is 3.65. The number of hydrogen-bond donors (Lipinski definition) is 9. The van der Waals surface area contributed by atoms with Gasteiger partial charge in [0.05, 0.1) is 19.7 Å². The standard InChI is InChI=1S/C25H43N9O5.3ClH/c26-15-22(37)30-12-4-14-34(23(38)16-27)13-2-1-11-31-24(39)20(17-35)33-21(36)6-3-5-18-7-9-19(10-8-18)32-25(28)29;;;/h7-10,20,35H,1-6,11-17,26-27H2,(H,30,37)(H,31,39)(H,33,36)(H4,28,29,32);3*1H/t20-;;;/m0.../s1. The molecule has 0 aliphatic rings. The molecule has 242 valence electrons. The highest BCUT2D eigenvalue weighted by atomic mass is 35.5. The SMILES string of the molecule is Cl.Cl.Cl.N=C(N)Nc1ccc(CCCC(=O)N[C@@H](CO)C(=O)NCCCCN(CCCNC(=O)CN)C(=O)CN)cc1. The first-order valence-electron chi connectivity index (χ1n) is 13.0. The Kier molecular flexibility index (Phi) is 26.8. The Morgan fingerprint density at radius 1 is 0.857 bits per heavy atom. The fraction of sp³-hybridized carbons (Fsp3) is 0.560. The normalized spacial score (nSPS) is 10.5. The van der Waals surface area contributed by atoms with E-state index in [1.54, 1.807) is 17.0 Å². The number of anilines is 1. The summed E-state index contributed by atoms with van der Waals surface area (Å²) in [5.41, 5.74) is 17.7. The number of carbonyl (C=O) groups excluding carboxylic acids is 4. The van der Waals surface area contributed by atoms with Gasteiger partial charge in [-0.15, -0.1) is 37.2 Å². The molecule has 0 aromatic heterocycles. The molecule has 0 unspecified atom stereocenters. The van der Waals surface area contributed by atoms with Gasteiger partial charge in [-0.1, -0.05) is 12.1 Å². The van der Waals surface area contributed by atoms with Crippen LogP contribution in [0.5, 0.6) is 0 Å². The van der Waals surface area contributed by atoms with Crippen LogP contribution < -0.4 is 38.5 Å². The van der Waals surface area contributed by atoms with Crippen molar-refractivity contribution in [2.24, 2.45) is 17.2 Å². The first kappa shape index (κ1) is 43.6. The molecule has 1 atom stereocenters. The third kappa shape index (κ3) is 19.3. The van der Waals surface area contributed by atoms with Gasteiger partial charge in [-0.05, 0) is 49.8 Å². The number of carbonyl (C=O) groups is 4. The van der Waals surface area contributed by atoms with Gasteiger partial charge in [-0.3, -0.25) is 24.6 Å². The summed E-state index contributed by atoms with van der Waals surface area (Å²) in [6.07, 6.45) is 3.16. The van der Waals surface area contributed by atoms with E-state index in [-0.39, 0.29) is 80.4 Å². The molecule has 4 amide bonds. The van der Waals surface area contributed by atoms with Crippen LogP contribution in [-0.4, -0.2) is 91.5 Å². The Bertz CT molecular complexity index is 943. The summed E-state index contributed by atoms with van der Waals surface area (Å²) in [6, 6.07) is 6.29. The number of rotatable bonds is 19. The Morgan fingerprint density at radius 3 is 2.05 bits per heavy atom. The maximum atomic E-state index is 12.4. The maximum absolute atomic E-state index is 12.4. The molecular weight excluding hydrogens is 613 g/mol. The molecule has 0 aliphatic heterocycles. The van der Waals surface area contributed by atoms with E-state index in [0.29, 0.717) is 64.0 Å². The summed E-state index contributed by atoms with van der Waals surface area (Å²) in [6.45, 7) is 0.881. The lowest BCUT2D eigenvalue weighted by Gasteiger charge is -2.22. The average Bonchev–Trinajstić information content (AvgIpc) is 2.92. The number of unbranched alkanes of at least 4 members (excludes halogenated alkanes) is 1. The first-order valence-corrected chi connectivity index (χ1v) is 13.0. The lowest BCUT2D eigenvalue weighted by molar-refractivity contribution is -0.130. The molecule has 12 N–H and O–H groups in total. The van der Waals surface area contributed by atoms with Crippen LogP contribution >= 0.6 is 37.2 Å². The first-order chi connectivity index (χ1) is 18.7. The lowest BCUT2D eigenvalue weighted by Crippen LogP contribution is -2.49. The highest BCUT2D eigenvalue weighted by Gasteiger charge is 2.19. The van der Waals surface area contributed by atoms with Crippen molar-refractivity contribution in [3.05, 3.63) is 29.8 Å². The van der Waals surface area contributed by atoms with Crippen LogP contribution in [-0.2, 0) is 25.6 Å². The number of benzene rings is 1. The zero-order valence-corrected chi connectivity index (χ0v) is 26.0. The van der Waals surface area contributed by atoms with Gasteiger partial charge in [0.25, 0.3) is 0 Å². The predicted octanol–water partition coefficient (Wildman–Crippen LogP) is -0.794. The van der Waals surface area contributed by atoms with E-state index >= 15 is 0 Å². The van der Waals surface area contributed by atoms with E-state index in [0.717, 1.165) is 5.56 Å². The maximum Gasteiger partial charge on any atom is 0.244 e. The van der Waals surface area contributed by atoms with Gasteiger partial charge in [0, 0.05) is 38.3 Å². The van der Waals surface area contributed by atoms with E-state index < -0.39 is 18.6 Å². The Balaban J connectivity index is -0.00000507. The van der Waals surface area contributed by atoms with E-state index in [1.807, 2.05) is 12.1 Å². The van der Waals surface area contributed by atoms with Crippen LogP contribution in [0.1, 0.15) is 37.7 Å². The highest BCUT2D eigenvalue weighted by molar-refractivity contribution is 5.89. The summed E-state index contributed by atoms with van der Waals surface area (Å²) in [4.78, 5) is 49.5. The lowest BCUT2D eigenvalue weighted by atomic mass is 10.1. The number of halogens is 3. The molecule has 1 aromatic carbocycles. The van der Waals surface area contributed by atoms with Gasteiger partial charge in [-0.25, -0.2) is 0 Å². The summed E-state index contributed by atoms with van der Waals surface area (Å²) in [7, 11) is 0. The second-order valence-electron chi connectivity index (χ2n) is 8.88. The molecule has 14 nitrogen and oxygen atoms in total. The average molecular weight is 659 g/mol. The molecule has 1 rings (SSSR count). The van der Waals surface area contributed by atoms with Crippen molar-refractivity contribution in [2.75, 3.05) is 51.2 Å². The van der Waals surface area contributed by atoms with Crippen LogP contribution in [0.4, 0.5) is 5.69 Å². The number of aliphatic hydroxyl groups is 1. The van der Waals surface area contributed by atoms with Crippen molar-refractivity contribution in [3.8, 4) is 0 Å². The number of aliphatic hydroxyl groups excluding tert-OH is 1. The fourth-order valence-corrected chi connectivity index (χ4v) is 3.65. The molecule has 1 aromatic rings. The quantitative estimate of drug-likeness (QED) is 0.0513. The number of nitrogens with one attached hydrogen (secondary N) is 5. The van der Waals surface area contributed by atoms with E-state index in [4.69, 9.17) is 22.6 Å². The number of hydrogen-bond acceptors (Lipinski definition) is 8. The van der Waals surface area contributed by atoms with Crippen molar-refractivity contribution in [1.29, 1.82) is 5.41 Å². The van der Waals surface area contributed by atoms with Crippen molar-refractivity contribution in [3.63, 3.8) is 0 Å². The van der Waals surface area contributed by atoms with E-state index in [1.165, 1.54) is 0 Å². The minimum absolute atomic E-state index is 0. The Labute approximate surface area is 265 Å². The molecule has 0 aliphatic carbocycles. The molecular formula is C25H46Cl3N9O5. The van der Waals surface area contributed by atoms with Crippen LogP contribution in [0.15, 0.2) is 24.3 Å². The predicted molar refractivity (Wildman–Crippen MR) is 170 cm³/mol. The van der Waals surface area contributed by atoms with Crippen molar-refractivity contribution < 1.29 is 24.3 Å². The summed E-state index contributed by atoms with van der Waals surface area (Å²) < 4.78 is 0. The Morgan fingerprint density at radius 2 is 1.48 bits per heavy atom. The third-order valence-corrected chi connectivity index (χ3v) is 5.73. The molecule has 0 saturated carbocycles. The molecule has 0 spiro atoms. The van der Waals surface area contributed by atoms with Crippen LogP contribution in [0.2, 0.25) is 0 Å². The van der Waals surface area contributed by atoms with Gasteiger partial charge in [0.15, 0.2) is 5.96 Å². The molecule has 0 bridgehead atoms. The van der Waals surface area contributed by atoms with Gasteiger partial charge in [-0.2, -0.15) is 0 Å². The van der Waals surface area contributed by atoms with Gasteiger partial charge in [0.1, 0.15) is 6.04 Å². The molecule has 0 fully saturated rings. The van der Waals surface area contributed by atoms with E-state index in [2.05, 4.69) is 21.3 Å². The number of nitrogens with zero attached hydrogens (tertiary/aromatic N) is 1. The number of nitrogens with two attached hydrogens (primary N) is 3. The minimum Gasteiger partial charge on any atom is -0.394 e. The zero-order valence-electron chi connectivity index (χ0n) is 23.6. The van der Waals surface area contributed by atoms with Gasteiger partial charge >= 0.3 is 0 Å². The summed E-state index contributed by atoms with van der Waals surface area (Å²) >= 11 is 0. The van der Waals surface area contributed by atoms with Crippen molar-refractivity contribution in [2.45, 2.75) is 44.6 Å². The van der Waals surface area contributed by atoms with Crippen molar-refractivity contribution in [1.82, 2.24) is 20.9 Å². The second kappa shape index (κ2) is 25.8. The monoisotopic (exact) mass is 657 g/mol. The summed E-state index contributed by atoms with van der Waals surface area (Å²) in [5, 5.41) is 27.4. The summed E-state index contributed by atoms with van der Waals surface area (Å²) in [5.74, 6) is -1.42. The van der Waals surface area contributed by atoms with Crippen LogP contribution in [0.25, 0.3) is 0 Å². The third-order valence-electron chi connectivity index (χ3n) is 5.73. The molecule has 17 heteroatoms. The van der Waals surface area contributed by atoms with Crippen molar-refractivity contribution >= 4 is 72.5 Å². The Hall–Kier alpha value is -2.88. The zero-order chi connectivity index (χ0) is 29.0. The molecule has 0 heterocycles. The minimum atomic E-state index is -1.05. The van der Waals surface area contributed by atoms with Crippen LogP contribution in [0, 0.1) is 5.41 Å². The number of guanidine groups is 1. The largest absolute Gasteiger partial charge is 0.394 e. The topological polar surface area (TPSA) is 242 Å². The highest BCUT2D eigenvalue weighted by Crippen LogP contribution is 2.11. The number of amides is 4. The van der Waals surface area contributed by atoms with Crippen LogP contribution in [0.3, 0.4) is 0 Å². The smallest absolute Gasteiger partial charge is 0.244 e. The van der Waals surface area contributed by atoms with Gasteiger partial charge < -0.3 is 48.5 Å². The van der Waals surface area contributed by atoms with Gasteiger partial charge in [0.2, 0.25) is 23.6 Å². The number of aryl methyl sites for hydroxylation is 1. The molecule has 0 radical (unpaired) electrons. The van der Waals surface area contributed by atoms with E-state index in [9.17, 15) is 24.3 Å². The molecule has 42 heavy (non-hydrogen) atoms.